The van der Waals surface area contributed by atoms with Crippen molar-refractivity contribution < 1.29 is 8.42 Å². The zero-order valence-electron chi connectivity index (χ0n) is 11.6. The molecule has 0 aliphatic carbocycles. The molecule has 0 bridgehead atoms. The average Bonchev–Trinajstić information content (AvgIpc) is 2.89. The van der Waals surface area contributed by atoms with Crippen LogP contribution in [-0.4, -0.2) is 18.3 Å². The highest BCUT2D eigenvalue weighted by Gasteiger charge is 2.17. The van der Waals surface area contributed by atoms with E-state index >= 15 is 0 Å². The van der Waals surface area contributed by atoms with Gasteiger partial charge in [-0.25, -0.2) is 0 Å². The zero-order chi connectivity index (χ0) is 16.4. The number of hydrogen-bond donors (Lipinski definition) is 1. The molecule has 0 fully saturated rings. The topological polar surface area (TPSA) is 64.0 Å². The Labute approximate surface area is 147 Å². The average molecular weight is 413 g/mol. The van der Waals surface area contributed by atoms with Crippen molar-refractivity contribution in [3.05, 3.63) is 70.3 Å². The van der Waals surface area contributed by atoms with E-state index in [1.54, 1.807) is 48.5 Å². The van der Waals surface area contributed by atoms with Gasteiger partial charge in [-0.3, -0.25) is 0 Å². The lowest BCUT2D eigenvalue weighted by Gasteiger charge is -2.11. The van der Waals surface area contributed by atoms with Gasteiger partial charge in [0.2, 0.25) is 0 Å². The van der Waals surface area contributed by atoms with E-state index in [4.69, 9.17) is 11.6 Å². The maximum Gasteiger partial charge on any atom is 0.276 e. The van der Waals surface area contributed by atoms with Crippen LogP contribution in [0.3, 0.4) is 0 Å². The molecule has 1 N–H and O–H groups in total. The molecule has 0 aliphatic heterocycles. The van der Waals surface area contributed by atoms with Crippen molar-refractivity contribution in [1.29, 1.82) is 0 Å². The van der Waals surface area contributed by atoms with Crippen LogP contribution in [0.4, 0.5) is 0 Å². The molecule has 8 heteroatoms. The second kappa shape index (κ2) is 6.35. The number of sulfonamides is 1. The van der Waals surface area contributed by atoms with Crippen molar-refractivity contribution in [2.24, 2.45) is 0 Å². The molecule has 0 radical (unpaired) electrons. The molecule has 5 nitrogen and oxygen atoms in total. The first-order chi connectivity index (χ1) is 11.0. The highest BCUT2D eigenvalue weighted by molar-refractivity contribution is 9.10. The summed E-state index contributed by atoms with van der Waals surface area (Å²) in [5, 5.41) is 4.73. The highest BCUT2D eigenvalue weighted by Crippen LogP contribution is 2.24. The second-order valence-electron chi connectivity index (χ2n) is 4.68. The SMILES string of the molecule is O=S(=O)(Nn1nc(Br)cc1-c1ccc(Cl)cc1)c1ccccc1. The maximum atomic E-state index is 12.4. The minimum absolute atomic E-state index is 0.161. The first kappa shape index (κ1) is 16.0. The normalized spacial score (nSPS) is 11.4. The van der Waals surface area contributed by atoms with Crippen LogP contribution in [0.2, 0.25) is 5.02 Å². The fourth-order valence-electron chi connectivity index (χ4n) is 2.01. The van der Waals surface area contributed by atoms with E-state index in [9.17, 15) is 8.42 Å². The molecule has 1 heterocycles. The van der Waals surface area contributed by atoms with E-state index in [1.807, 2.05) is 0 Å². The molecule has 2 aromatic carbocycles. The van der Waals surface area contributed by atoms with Crippen molar-refractivity contribution >= 4 is 37.6 Å². The predicted octanol–water partition coefficient (Wildman–Crippen LogP) is 3.90. The highest BCUT2D eigenvalue weighted by atomic mass is 79.9. The molecule has 0 saturated carbocycles. The molecule has 0 amide bonds. The largest absolute Gasteiger partial charge is 0.276 e. The summed E-state index contributed by atoms with van der Waals surface area (Å²) >= 11 is 9.15. The van der Waals surface area contributed by atoms with E-state index in [0.717, 1.165) is 5.56 Å². The molecule has 0 unspecified atom stereocenters. The van der Waals surface area contributed by atoms with Gasteiger partial charge in [-0.15, -0.1) is 5.10 Å². The van der Waals surface area contributed by atoms with Crippen molar-refractivity contribution in [3.8, 4) is 11.3 Å². The van der Waals surface area contributed by atoms with Crippen LogP contribution in [-0.2, 0) is 10.0 Å². The third-order valence-electron chi connectivity index (χ3n) is 3.08. The Balaban J connectivity index is 2.00. The lowest BCUT2D eigenvalue weighted by atomic mass is 10.2. The minimum Gasteiger partial charge on any atom is -0.200 e. The molecule has 23 heavy (non-hydrogen) atoms. The van der Waals surface area contributed by atoms with E-state index in [1.165, 1.54) is 16.9 Å². The summed E-state index contributed by atoms with van der Waals surface area (Å²) < 4.78 is 25.4. The molecule has 3 rings (SSSR count). The lowest BCUT2D eigenvalue weighted by Crippen LogP contribution is -2.25. The summed E-state index contributed by atoms with van der Waals surface area (Å²) in [7, 11) is -3.74. The number of aromatic nitrogens is 2. The summed E-state index contributed by atoms with van der Waals surface area (Å²) in [6.45, 7) is 0. The summed E-state index contributed by atoms with van der Waals surface area (Å²) in [6, 6.07) is 16.9. The van der Waals surface area contributed by atoms with Crippen molar-refractivity contribution in [1.82, 2.24) is 9.89 Å². The van der Waals surface area contributed by atoms with Gasteiger partial charge in [-0.1, -0.05) is 41.9 Å². The van der Waals surface area contributed by atoms with Crippen molar-refractivity contribution in [2.75, 3.05) is 4.83 Å². The minimum atomic E-state index is -3.74. The Morgan fingerprint density at radius 3 is 2.35 bits per heavy atom. The van der Waals surface area contributed by atoms with Gasteiger partial charge in [0, 0.05) is 16.7 Å². The Morgan fingerprint density at radius 2 is 1.70 bits per heavy atom. The van der Waals surface area contributed by atoms with Crippen LogP contribution in [0.1, 0.15) is 0 Å². The zero-order valence-corrected chi connectivity index (χ0v) is 14.8. The number of nitrogens with one attached hydrogen (secondary N) is 1. The van der Waals surface area contributed by atoms with E-state index in [0.29, 0.717) is 15.3 Å². The molecule has 1 aromatic heterocycles. The molecule has 0 spiro atoms. The van der Waals surface area contributed by atoms with Crippen LogP contribution in [0, 0.1) is 0 Å². The monoisotopic (exact) mass is 411 g/mol. The van der Waals surface area contributed by atoms with E-state index < -0.39 is 10.0 Å². The third-order valence-corrected chi connectivity index (χ3v) is 5.03. The van der Waals surface area contributed by atoms with Gasteiger partial charge in [0.15, 0.2) is 0 Å². The van der Waals surface area contributed by atoms with Crippen LogP contribution in [0.5, 0.6) is 0 Å². The fourth-order valence-corrected chi connectivity index (χ4v) is 3.50. The molecular weight excluding hydrogens is 402 g/mol. The van der Waals surface area contributed by atoms with E-state index in [2.05, 4.69) is 25.9 Å². The Bertz CT molecular complexity index is 925. The summed E-state index contributed by atoms with van der Waals surface area (Å²) in [5.74, 6) is 0. The van der Waals surface area contributed by atoms with Gasteiger partial charge in [-0.2, -0.15) is 18.0 Å². The van der Waals surface area contributed by atoms with Gasteiger partial charge in [0.25, 0.3) is 10.0 Å². The first-order valence-corrected chi connectivity index (χ1v) is 9.20. The van der Waals surface area contributed by atoms with Gasteiger partial charge in [0.05, 0.1) is 10.6 Å². The maximum absolute atomic E-state index is 12.4. The van der Waals surface area contributed by atoms with Gasteiger partial charge >= 0.3 is 0 Å². The summed E-state index contributed by atoms with van der Waals surface area (Å²) in [6.07, 6.45) is 0. The Hall–Kier alpha value is -1.83. The number of nitrogens with zero attached hydrogens (tertiary/aromatic N) is 2. The Morgan fingerprint density at radius 1 is 1.04 bits per heavy atom. The molecular formula is C15H11BrClN3O2S. The number of hydrogen-bond acceptors (Lipinski definition) is 3. The van der Waals surface area contributed by atoms with Crippen LogP contribution in [0.25, 0.3) is 11.3 Å². The van der Waals surface area contributed by atoms with Crippen LogP contribution < -0.4 is 4.83 Å². The van der Waals surface area contributed by atoms with E-state index in [-0.39, 0.29) is 4.90 Å². The predicted molar refractivity (Wildman–Crippen MR) is 93.4 cm³/mol. The number of benzene rings is 2. The van der Waals surface area contributed by atoms with Crippen molar-refractivity contribution in [3.63, 3.8) is 0 Å². The lowest BCUT2D eigenvalue weighted by molar-refractivity contribution is 0.592. The van der Waals surface area contributed by atoms with Crippen molar-refractivity contribution in [2.45, 2.75) is 4.90 Å². The van der Waals surface area contributed by atoms with Crippen LogP contribution in [0.15, 0.2) is 70.2 Å². The van der Waals surface area contributed by atoms with Gasteiger partial charge in [0.1, 0.15) is 4.60 Å². The molecule has 0 aliphatic rings. The quantitative estimate of drug-likeness (QED) is 0.707. The summed E-state index contributed by atoms with van der Waals surface area (Å²) in [5.41, 5.74) is 1.37. The molecule has 0 atom stereocenters. The number of halogens is 2. The second-order valence-corrected chi connectivity index (χ2v) is 7.59. The molecule has 0 saturated heterocycles. The smallest absolute Gasteiger partial charge is 0.200 e. The standard InChI is InChI=1S/C15H11BrClN3O2S/c16-15-10-14(11-6-8-12(17)9-7-11)20(18-15)19-23(21,22)13-4-2-1-3-5-13/h1-10,19H. The van der Waals surface area contributed by atoms with Gasteiger partial charge in [-0.05, 0) is 40.2 Å². The number of rotatable bonds is 4. The van der Waals surface area contributed by atoms with Gasteiger partial charge < -0.3 is 0 Å². The molecule has 3 aromatic rings. The molecule has 118 valence electrons. The first-order valence-electron chi connectivity index (χ1n) is 6.55. The third kappa shape index (κ3) is 3.57. The summed E-state index contributed by atoms with van der Waals surface area (Å²) in [4.78, 5) is 3.83. The Kier molecular flexibility index (Phi) is 4.43. The van der Waals surface area contributed by atoms with Crippen LogP contribution >= 0.6 is 27.5 Å². The fraction of sp³-hybridized carbons (Fsp3) is 0.